The van der Waals surface area contributed by atoms with E-state index in [1.54, 1.807) is 0 Å². The SMILES string of the molecule is CCCNC(CS(=O)Cc1ccccc1Cl)C(C)(C)C. The second kappa shape index (κ2) is 8.16. The first-order valence-electron chi connectivity index (χ1n) is 7.16. The molecule has 1 rings (SSSR count). The Morgan fingerprint density at radius 2 is 1.95 bits per heavy atom. The van der Waals surface area contributed by atoms with Gasteiger partial charge in [-0.1, -0.05) is 57.5 Å². The van der Waals surface area contributed by atoms with Crippen LogP contribution in [0.4, 0.5) is 0 Å². The summed E-state index contributed by atoms with van der Waals surface area (Å²) >= 11 is 6.13. The number of halogens is 1. The summed E-state index contributed by atoms with van der Waals surface area (Å²) in [5.41, 5.74) is 1.07. The number of hydrogen-bond acceptors (Lipinski definition) is 2. The predicted octanol–water partition coefficient (Wildman–Crippen LogP) is 4.00. The summed E-state index contributed by atoms with van der Waals surface area (Å²) in [5.74, 6) is 1.19. The zero-order chi connectivity index (χ0) is 15.2. The standard InChI is InChI=1S/C16H26ClNOS/c1-5-10-18-15(16(2,3)4)12-20(19)11-13-8-6-7-9-14(13)17/h6-9,15,18H,5,10-12H2,1-4H3. The fourth-order valence-electron chi connectivity index (χ4n) is 1.97. The largest absolute Gasteiger partial charge is 0.313 e. The number of benzene rings is 1. The van der Waals surface area contributed by atoms with Crippen LogP contribution in [0.1, 0.15) is 39.7 Å². The highest BCUT2D eigenvalue weighted by atomic mass is 35.5. The molecule has 0 bridgehead atoms. The van der Waals surface area contributed by atoms with Gasteiger partial charge in [0, 0.05) is 27.6 Å². The van der Waals surface area contributed by atoms with Crippen LogP contribution in [0.5, 0.6) is 0 Å². The molecule has 1 aromatic rings. The first-order valence-corrected chi connectivity index (χ1v) is 9.03. The van der Waals surface area contributed by atoms with Gasteiger partial charge in [-0.05, 0) is 30.0 Å². The van der Waals surface area contributed by atoms with Crippen LogP contribution in [0, 0.1) is 5.41 Å². The average Bonchev–Trinajstić information content (AvgIpc) is 2.36. The third-order valence-corrected chi connectivity index (χ3v) is 5.02. The first kappa shape index (κ1) is 17.7. The molecule has 0 saturated carbocycles. The van der Waals surface area contributed by atoms with Crippen molar-refractivity contribution >= 4 is 22.4 Å². The quantitative estimate of drug-likeness (QED) is 0.824. The van der Waals surface area contributed by atoms with Gasteiger partial charge in [-0.2, -0.15) is 0 Å². The Morgan fingerprint density at radius 1 is 1.30 bits per heavy atom. The highest BCUT2D eigenvalue weighted by Crippen LogP contribution is 2.22. The minimum atomic E-state index is -0.908. The highest BCUT2D eigenvalue weighted by molar-refractivity contribution is 7.84. The Kier molecular flexibility index (Phi) is 7.21. The van der Waals surface area contributed by atoms with Crippen LogP contribution in [0.25, 0.3) is 0 Å². The average molecular weight is 316 g/mol. The minimum absolute atomic E-state index is 0.102. The molecule has 0 amide bonds. The third kappa shape index (κ3) is 5.94. The normalized spacial score (nSPS) is 15.1. The Balaban J connectivity index is 2.64. The Hall–Kier alpha value is -0.380. The van der Waals surface area contributed by atoms with Crippen molar-refractivity contribution in [2.75, 3.05) is 12.3 Å². The van der Waals surface area contributed by atoms with E-state index in [9.17, 15) is 4.21 Å². The number of nitrogens with one attached hydrogen (secondary N) is 1. The summed E-state index contributed by atoms with van der Waals surface area (Å²) in [6, 6.07) is 7.90. The van der Waals surface area contributed by atoms with E-state index in [1.807, 2.05) is 24.3 Å². The molecule has 0 aliphatic heterocycles. The predicted molar refractivity (Wildman–Crippen MR) is 89.7 cm³/mol. The van der Waals surface area contributed by atoms with Crippen LogP contribution in [0.2, 0.25) is 5.02 Å². The summed E-state index contributed by atoms with van der Waals surface area (Å²) in [7, 11) is -0.908. The van der Waals surface area contributed by atoms with Crippen molar-refractivity contribution < 1.29 is 4.21 Å². The number of hydrogen-bond donors (Lipinski definition) is 1. The molecule has 0 fully saturated rings. The summed E-state index contributed by atoms with van der Waals surface area (Å²) < 4.78 is 12.4. The van der Waals surface area contributed by atoms with Crippen molar-refractivity contribution in [1.29, 1.82) is 0 Å². The Morgan fingerprint density at radius 3 is 2.50 bits per heavy atom. The summed E-state index contributed by atoms with van der Waals surface area (Å²) in [4.78, 5) is 0. The lowest BCUT2D eigenvalue weighted by atomic mass is 9.88. The van der Waals surface area contributed by atoms with Gasteiger partial charge in [0.25, 0.3) is 0 Å². The van der Waals surface area contributed by atoms with Crippen LogP contribution >= 0.6 is 11.6 Å². The lowest BCUT2D eigenvalue weighted by molar-refractivity contribution is 0.290. The number of rotatable bonds is 7. The van der Waals surface area contributed by atoms with Gasteiger partial charge in [0.2, 0.25) is 0 Å². The van der Waals surface area contributed by atoms with E-state index < -0.39 is 10.8 Å². The van der Waals surface area contributed by atoms with Crippen molar-refractivity contribution in [2.45, 2.75) is 45.9 Å². The second-order valence-corrected chi connectivity index (χ2v) is 8.12. The molecule has 114 valence electrons. The lowest BCUT2D eigenvalue weighted by Gasteiger charge is -2.31. The summed E-state index contributed by atoms with van der Waals surface area (Å²) in [6.45, 7) is 9.67. The van der Waals surface area contributed by atoms with Gasteiger partial charge in [-0.15, -0.1) is 0 Å². The molecule has 0 aromatic heterocycles. The molecule has 4 heteroatoms. The molecule has 0 heterocycles. The maximum atomic E-state index is 12.4. The van der Waals surface area contributed by atoms with Gasteiger partial charge < -0.3 is 5.32 Å². The molecule has 1 N–H and O–H groups in total. The Labute approximate surface area is 130 Å². The maximum Gasteiger partial charge on any atom is 0.0501 e. The molecule has 2 nitrogen and oxygen atoms in total. The van der Waals surface area contributed by atoms with E-state index in [1.165, 1.54) is 0 Å². The molecule has 0 aliphatic carbocycles. The van der Waals surface area contributed by atoms with Crippen LogP contribution in [-0.2, 0) is 16.6 Å². The maximum absolute atomic E-state index is 12.4. The van der Waals surface area contributed by atoms with Crippen molar-refractivity contribution in [3.05, 3.63) is 34.9 Å². The zero-order valence-electron chi connectivity index (χ0n) is 12.9. The monoisotopic (exact) mass is 315 g/mol. The lowest BCUT2D eigenvalue weighted by Crippen LogP contribution is -2.44. The van der Waals surface area contributed by atoms with Crippen molar-refractivity contribution in [1.82, 2.24) is 5.32 Å². The van der Waals surface area contributed by atoms with Gasteiger partial charge in [-0.3, -0.25) is 4.21 Å². The summed E-state index contributed by atoms with van der Waals surface area (Å²) in [5, 5.41) is 4.22. The fraction of sp³-hybridized carbons (Fsp3) is 0.625. The van der Waals surface area contributed by atoms with Gasteiger partial charge >= 0.3 is 0 Å². The van der Waals surface area contributed by atoms with Crippen molar-refractivity contribution in [2.24, 2.45) is 5.41 Å². The first-order chi connectivity index (χ1) is 9.34. The van der Waals surface area contributed by atoms with Gasteiger partial charge in [0.15, 0.2) is 0 Å². The fourth-order valence-corrected chi connectivity index (χ4v) is 3.96. The van der Waals surface area contributed by atoms with Gasteiger partial charge in [-0.25, -0.2) is 0 Å². The smallest absolute Gasteiger partial charge is 0.0501 e. The van der Waals surface area contributed by atoms with Crippen molar-refractivity contribution in [3.63, 3.8) is 0 Å². The van der Waals surface area contributed by atoms with E-state index in [0.717, 1.165) is 18.5 Å². The molecule has 0 saturated heterocycles. The van der Waals surface area contributed by atoms with E-state index in [4.69, 9.17) is 11.6 Å². The zero-order valence-corrected chi connectivity index (χ0v) is 14.5. The molecule has 0 radical (unpaired) electrons. The van der Waals surface area contributed by atoms with Crippen molar-refractivity contribution in [3.8, 4) is 0 Å². The minimum Gasteiger partial charge on any atom is -0.313 e. The van der Waals surface area contributed by atoms with E-state index in [2.05, 4.69) is 33.0 Å². The molecular formula is C16H26ClNOS. The topological polar surface area (TPSA) is 29.1 Å². The highest BCUT2D eigenvalue weighted by Gasteiger charge is 2.25. The van der Waals surface area contributed by atoms with Crippen LogP contribution in [-0.4, -0.2) is 22.5 Å². The van der Waals surface area contributed by atoms with E-state index >= 15 is 0 Å². The molecular weight excluding hydrogens is 290 g/mol. The molecule has 0 spiro atoms. The van der Waals surface area contributed by atoms with E-state index in [0.29, 0.717) is 16.5 Å². The third-order valence-electron chi connectivity index (χ3n) is 3.31. The molecule has 20 heavy (non-hydrogen) atoms. The molecule has 2 atom stereocenters. The van der Waals surface area contributed by atoms with Gasteiger partial charge in [0.1, 0.15) is 0 Å². The molecule has 2 unspecified atom stereocenters. The summed E-state index contributed by atoms with van der Waals surface area (Å²) in [6.07, 6.45) is 1.09. The van der Waals surface area contributed by atoms with Crippen LogP contribution in [0.15, 0.2) is 24.3 Å². The van der Waals surface area contributed by atoms with Crippen LogP contribution in [0.3, 0.4) is 0 Å². The second-order valence-electron chi connectivity index (χ2n) is 6.21. The van der Waals surface area contributed by atoms with E-state index in [-0.39, 0.29) is 11.5 Å². The Bertz CT molecular complexity index is 442. The molecule has 1 aromatic carbocycles. The van der Waals surface area contributed by atoms with Crippen LogP contribution < -0.4 is 5.32 Å². The molecule has 0 aliphatic rings. The van der Waals surface area contributed by atoms with Gasteiger partial charge in [0.05, 0.1) is 5.75 Å².